The summed E-state index contributed by atoms with van der Waals surface area (Å²) in [6.45, 7) is 0. The van der Waals surface area contributed by atoms with E-state index in [0.29, 0.717) is 17.0 Å². The SMILES string of the molecule is NC(=O)c1ccc2cnc(N[C@H]3CC[C@H](O)CC3)nc2c1. The quantitative estimate of drug-likeness (QED) is 0.792. The van der Waals surface area contributed by atoms with Gasteiger partial charge in [-0.05, 0) is 37.8 Å². The second kappa shape index (κ2) is 5.65. The van der Waals surface area contributed by atoms with Crippen molar-refractivity contribution in [2.24, 2.45) is 5.73 Å². The summed E-state index contributed by atoms with van der Waals surface area (Å²) in [6.07, 6.45) is 4.97. The normalized spacial score (nSPS) is 22.1. The number of primary amides is 1. The number of nitrogens with one attached hydrogen (secondary N) is 1. The van der Waals surface area contributed by atoms with E-state index in [9.17, 15) is 9.90 Å². The minimum Gasteiger partial charge on any atom is -0.393 e. The van der Waals surface area contributed by atoms with E-state index in [2.05, 4.69) is 15.3 Å². The van der Waals surface area contributed by atoms with Gasteiger partial charge in [-0.25, -0.2) is 9.97 Å². The number of aromatic nitrogens is 2. The lowest BCUT2D eigenvalue weighted by molar-refractivity contribution is 0.100. The van der Waals surface area contributed by atoms with Crippen LogP contribution in [0.25, 0.3) is 10.9 Å². The third-order valence-corrected chi connectivity index (χ3v) is 3.90. The molecule has 1 aliphatic carbocycles. The molecule has 0 spiro atoms. The average molecular weight is 286 g/mol. The Kier molecular flexibility index (Phi) is 3.70. The van der Waals surface area contributed by atoms with Crippen molar-refractivity contribution in [1.82, 2.24) is 9.97 Å². The van der Waals surface area contributed by atoms with Crippen LogP contribution in [-0.4, -0.2) is 33.1 Å². The largest absolute Gasteiger partial charge is 0.393 e. The van der Waals surface area contributed by atoms with Gasteiger partial charge in [-0.3, -0.25) is 4.79 Å². The number of carbonyl (C=O) groups is 1. The molecule has 4 N–H and O–H groups in total. The van der Waals surface area contributed by atoms with Crippen molar-refractivity contribution in [3.05, 3.63) is 30.0 Å². The number of rotatable bonds is 3. The van der Waals surface area contributed by atoms with Gasteiger partial charge in [0.1, 0.15) is 0 Å². The maximum Gasteiger partial charge on any atom is 0.248 e. The van der Waals surface area contributed by atoms with Crippen LogP contribution < -0.4 is 11.1 Å². The summed E-state index contributed by atoms with van der Waals surface area (Å²) in [7, 11) is 0. The topological polar surface area (TPSA) is 101 Å². The Hall–Kier alpha value is -2.21. The molecule has 2 aromatic rings. The number of anilines is 1. The standard InChI is InChI=1S/C15H18N4O2/c16-14(21)9-1-2-10-8-17-15(19-13(10)7-9)18-11-3-5-12(20)6-4-11/h1-2,7-8,11-12,20H,3-6H2,(H2,16,21)(H,17,18,19)/t11-,12-. The molecule has 0 atom stereocenters. The summed E-state index contributed by atoms with van der Waals surface area (Å²) in [4.78, 5) is 19.9. The Labute approximate surface area is 122 Å². The molecule has 0 saturated heterocycles. The minimum atomic E-state index is -0.466. The predicted octanol–water partition coefficient (Wildman–Crippen LogP) is 1.44. The van der Waals surface area contributed by atoms with Crippen molar-refractivity contribution in [2.75, 3.05) is 5.32 Å². The zero-order valence-electron chi connectivity index (χ0n) is 11.6. The highest BCUT2D eigenvalue weighted by Crippen LogP contribution is 2.22. The number of carbonyl (C=O) groups excluding carboxylic acids is 1. The first-order valence-corrected chi connectivity index (χ1v) is 7.13. The lowest BCUT2D eigenvalue weighted by Crippen LogP contribution is -2.28. The molecule has 1 heterocycles. The van der Waals surface area contributed by atoms with Gasteiger partial charge in [0.15, 0.2) is 0 Å². The van der Waals surface area contributed by atoms with E-state index in [0.717, 1.165) is 31.1 Å². The molecule has 6 heteroatoms. The molecular formula is C15H18N4O2. The van der Waals surface area contributed by atoms with Gasteiger partial charge in [0.25, 0.3) is 0 Å². The lowest BCUT2D eigenvalue weighted by Gasteiger charge is -2.26. The van der Waals surface area contributed by atoms with Gasteiger partial charge in [0.2, 0.25) is 11.9 Å². The van der Waals surface area contributed by atoms with Gasteiger partial charge in [-0.2, -0.15) is 0 Å². The van der Waals surface area contributed by atoms with Crippen LogP contribution in [0.2, 0.25) is 0 Å². The molecule has 110 valence electrons. The third-order valence-electron chi connectivity index (χ3n) is 3.90. The van der Waals surface area contributed by atoms with Gasteiger partial charge in [0, 0.05) is 23.2 Å². The highest BCUT2D eigenvalue weighted by molar-refractivity contribution is 5.96. The first-order chi connectivity index (χ1) is 10.1. The Balaban J connectivity index is 1.81. The molecule has 0 radical (unpaired) electrons. The van der Waals surface area contributed by atoms with Crippen LogP contribution >= 0.6 is 0 Å². The molecule has 6 nitrogen and oxygen atoms in total. The molecule has 1 aromatic carbocycles. The van der Waals surface area contributed by atoms with Crippen LogP contribution in [-0.2, 0) is 0 Å². The Morgan fingerprint density at radius 1 is 1.29 bits per heavy atom. The van der Waals surface area contributed by atoms with Crippen LogP contribution in [0.15, 0.2) is 24.4 Å². The second-order valence-corrected chi connectivity index (χ2v) is 5.48. The molecule has 1 amide bonds. The van der Waals surface area contributed by atoms with Crippen molar-refractivity contribution in [3.8, 4) is 0 Å². The molecule has 0 unspecified atom stereocenters. The molecule has 1 saturated carbocycles. The van der Waals surface area contributed by atoms with Crippen molar-refractivity contribution in [3.63, 3.8) is 0 Å². The molecular weight excluding hydrogens is 268 g/mol. The van der Waals surface area contributed by atoms with E-state index in [1.165, 1.54) is 0 Å². The van der Waals surface area contributed by atoms with Crippen LogP contribution in [0.4, 0.5) is 5.95 Å². The number of aliphatic hydroxyl groups is 1. The fraction of sp³-hybridized carbons (Fsp3) is 0.400. The molecule has 1 aromatic heterocycles. The summed E-state index contributed by atoms with van der Waals surface area (Å²) < 4.78 is 0. The Morgan fingerprint density at radius 2 is 2.05 bits per heavy atom. The lowest BCUT2D eigenvalue weighted by atomic mass is 9.93. The smallest absolute Gasteiger partial charge is 0.248 e. The number of amides is 1. The van der Waals surface area contributed by atoms with E-state index in [1.807, 2.05) is 0 Å². The van der Waals surface area contributed by atoms with Gasteiger partial charge < -0.3 is 16.2 Å². The van der Waals surface area contributed by atoms with Gasteiger partial charge >= 0.3 is 0 Å². The zero-order chi connectivity index (χ0) is 14.8. The summed E-state index contributed by atoms with van der Waals surface area (Å²) in [5.41, 5.74) is 6.42. The van der Waals surface area contributed by atoms with E-state index < -0.39 is 5.91 Å². The summed E-state index contributed by atoms with van der Waals surface area (Å²) >= 11 is 0. The predicted molar refractivity (Wildman–Crippen MR) is 79.9 cm³/mol. The maximum atomic E-state index is 11.2. The van der Waals surface area contributed by atoms with Gasteiger partial charge in [0.05, 0.1) is 11.6 Å². The first kappa shape index (κ1) is 13.8. The molecule has 3 rings (SSSR count). The van der Waals surface area contributed by atoms with E-state index in [4.69, 9.17) is 5.73 Å². The van der Waals surface area contributed by atoms with Crippen molar-refractivity contribution in [1.29, 1.82) is 0 Å². The van der Waals surface area contributed by atoms with Crippen LogP contribution in [0.5, 0.6) is 0 Å². The van der Waals surface area contributed by atoms with Crippen molar-refractivity contribution >= 4 is 22.8 Å². The summed E-state index contributed by atoms with van der Waals surface area (Å²) in [5, 5.41) is 13.7. The molecule has 21 heavy (non-hydrogen) atoms. The van der Waals surface area contributed by atoms with E-state index in [1.54, 1.807) is 24.4 Å². The maximum absolute atomic E-state index is 11.2. The molecule has 1 fully saturated rings. The molecule has 0 aliphatic heterocycles. The number of hydrogen-bond acceptors (Lipinski definition) is 5. The van der Waals surface area contributed by atoms with Crippen LogP contribution in [0.1, 0.15) is 36.0 Å². The van der Waals surface area contributed by atoms with E-state index >= 15 is 0 Å². The fourth-order valence-corrected chi connectivity index (χ4v) is 2.65. The van der Waals surface area contributed by atoms with Crippen molar-refractivity contribution in [2.45, 2.75) is 37.8 Å². The number of fused-ring (bicyclic) bond motifs is 1. The summed E-state index contributed by atoms with van der Waals surface area (Å²) in [5.74, 6) is 0.0804. The fourth-order valence-electron chi connectivity index (χ4n) is 2.65. The highest BCUT2D eigenvalue weighted by Gasteiger charge is 2.19. The Bertz CT molecular complexity index is 666. The van der Waals surface area contributed by atoms with Crippen LogP contribution in [0.3, 0.4) is 0 Å². The molecule has 1 aliphatic rings. The number of nitrogens with two attached hydrogens (primary N) is 1. The zero-order valence-corrected chi connectivity index (χ0v) is 11.6. The average Bonchev–Trinajstić information content (AvgIpc) is 2.49. The first-order valence-electron chi connectivity index (χ1n) is 7.13. The highest BCUT2D eigenvalue weighted by atomic mass is 16.3. The Morgan fingerprint density at radius 3 is 2.76 bits per heavy atom. The third kappa shape index (κ3) is 3.11. The monoisotopic (exact) mass is 286 g/mol. The van der Waals surface area contributed by atoms with Gasteiger partial charge in [-0.1, -0.05) is 6.07 Å². The van der Waals surface area contributed by atoms with Gasteiger partial charge in [-0.15, -0.1) is 0 Å². The number of benzene rings is 1. The van der Waals surface area contributed by atoms with Crippen molar-refractivity contribution < 1.29 is 9.90 Å². The number of aliphatic hydroxyl groups excluding tert-OH is 1. The summed E-state index contributed by atoms with van der Waals surface area (Å²) in [6, 6.07) is 5.42. The number of hydrogen-bond donors (Lipinski definition) is 3. The van der Waals surface area contributed by atoms with E-state index in [-0.39, 0.29) is 12.1 Å². The van der Waals surface area contributed by atoms with Crippen LogP contribution in [0, 0.1) is 0 Å². The minimum absolute atomic E-state index is 0.182. The number of nitrogens with zero attached hydrogens (tertiary/aromatic N) is 2. The second-order valence-electron chi connectivity index (χ2n) is 5.48. The molecule has 0 bridgehead atoms.